The number of nitrogens with zero attached hydrogens (tertiary/aromatic N) is 2. The molecule has 0 saturated carbocycles. The summed E-state index contributed by atoms with van der Waals surface area (Å²) in [4.78, 5) is 126. The molecule has 0 bridgehead atoms. The van der Waals surface area contributed by atoms with Gasteiger partial charge in [-0.05, 0) is 116 Å². The molecule has 8 atom stereocenters. The Morgan fingerprint density at radius 3 is 1.96 bits per heavy atom. The van der Waals surface area contributed by atoms with Crippen molar-refractivity contribution in [1.82, 2.24) is 47.4 Å². The normalized spacial score (nSPS) is 16.1. The van der Waals surface area contributed by atoms with Crippen LogP contribution in [-0.4, -0.2) is 176 Å². The Morgan fingerprint density at radius 1 is 0.760 bits per heavy atom. The maximum Gasteiger partial charge on any atom is 0.352 e. The predicted molar refractivity (Wildman–Crippen MR) is 279 cm³/mol. The van der Waals surface area contributed by atoms with Crippen LogP contribution in [0.5, 0.6) is 0 Å². The second-order valence-electron chi connectivity index (χ2n) is 17.8. The number of likely N-dealkylation sites (N-methyl/N-ethyl adjacent to an activating group) is 1. The number of aliphatic carboxylic acids is 1. The zero-order valence-corrected chi connectivity index (χ0v) is 43.5. The quantitative estimate of drug-likeness (QED) is 0.0131. The van der Waals surface area contributed by atoms with Crippen LogP contribution in [0.4, 0.5) is 0 Å². The number of hydrogen-bond donors (Lipinski definition) is 16. The smallest absolute Gasteiger partial charge is 0.352 e. The zero-order valence-electron chi connectivity index (χ0n) is 42.7. The maximum absolute atomic E-state index is 14.2. The summed E-state index contributed by atoms with van der Waals surface area (Å²) in [5, 5.41) is 41.2. The highest BCUT2D eigenvalue weighted by Crippen LogP contribution is 2.21. The van der Waals surface area contributed by atoms with Gasteiger partial charge in [-0.15, -0.1) is 0 Å². The molecule has 1 saturated heterocycles. The summed E-state index contributed by atoms with van der Waals surface area (Å²) in [5.74, 6) is -7.78. The first-order valence-corrected chi connectivity index (χ1v) is 25.4. The molecule has 2 rings (SSSR count). The van der Waals surface area contributed by atoms with Gasteiger partial charge in [0.15, 0.2) is 5.96 Å². The van der Waals surface area contributed by atoms with Crippen LogP contribution in [0.1, 0.15) is 83.1 Å². The van der Waals surface area contributed by atoms with Crippen molar-refractivity contribution in [2.24, 2.45) is 39.4 Å². The third-order valence-electron chi connectivity index (χ3n) is 12.0. The number of hydrogen-bond acceptors (Lipinski definition) is 16. The molecule has 1 heterocycles. The molecule has 1 aliphatic heterocycles. The number of rotatable bonds is 35. The summed E-state index contributed by atoms with van der Waals surface area (Å²) in [6, 6.07) is -1.99. The Morgan fingerprint density at radius 2 is 1.37 bits per heavy atom. The fourth-order valence-corrected chi connectivity index (χ4v) is 7.95. The number of benzene rings is 1. The highest BCUT2D eigenvalue weighted by Gasteiger charge is 2.40. The summed E-state index contributed by atoms with van der Waals surface area (Å²) < 4.78 is 0. The van der Waals surface area contributed by atoms with E-state index in [0.29, 0.717) is 55.7 Å². The van der Waals surface area contributed by atoms with E-state index in [9.17, 15) is 53.4 Å². The van der Waals surface area contributed by atoms with Crippen molar-refractivity contribution in [2.45, 2.75) is 132 Å². The average molecular weight is 1080 g/mol. The van der Waals surface area contributed by atoms with Gasteiger partial charge in [0.2, 0.25) is 47.3 Å². The highest BCUT2D eigenvalue weighted by molar-refractivity contribution is 6.30. The van der Waals surface area contributed by atoms with Crippen LogP contribution in [-0.2, 0) is 49.6 Å². The minimum atomic E-state index is -1.52. The Kier molecular flexibility index (Phi) is 30.1. The predicted octanol–water partition coefficient (Wildman–Crippen LogP) is -4.91. The van der Waals surface area contributed by atoms with E-state index < -0.39 is 120 Å². The molecular weight excluding hydrogens is 1000 g/mol. The first kappa shape index (κ1) is 64.6. The van der Waals surface area contributed by atoms with Crippen LogP contribution < -0.4 is 76.9 Å². The van der Waals surface area contributed by atoms with Crippen LogP contribution in [0.25, 0.3) is 0 Å². The molecule has 1 unspecified atom stereocenters. The average Bonchev–Trinajstić information content (AvgIpc) is 3.88. The zero-order chi connectivity index (χ0) is 56.0. The molecule has 1 aromatic rings. The van der Waals surface area contributed by atoms with E-state index in [1.807, 2.05) is 0 Å². The van der Waals surface area contributed by atoms with E-state index in [2.05, 4.69) is 47.5 Å². The molecule has 8 amide bonds. The monoisotopic (exact) mass is 1080 g/mol. The number of likely N-dealkylation sites (tertiary alicyclic amines) is 1. The van der Waals surface area contributed by atoms with Crippen molar-refractivity contribution in [3.63, 3.8) is 0 Å². The van der Waals surface area contributed by atoms with Gasteiger partial charge in [0.25, 0.3) is 0 Å². The first-order chi connectivity index (χ1) is 35.7. The summed E-state index contributed by atoms with van der Waals surface area (Å²) >= 11 is 6.12. The number of halogens is 1. The van der Waals surface area contributed by atoms with Crippen LogP contribution in [0.15, 0.2) is 41.0 Å². The van der Waals surface area contributed by atoms with Gasteiger partial charge in [0, 0.05) is 31.1 Å². The Bertz CT molecular complexity index is 2110. The molecule has 1 fully saturated rings. The van der Waals surface area contributed by atoms with E-state index in [1.54, 1.807) is 31.3 Å². The number of aliphatic hydroxyl groups excluding tert-OH is 1. The summed E-state index contributed by atoms with van der Waals surface area (Å²) in [6.45, 7) is 1.26. The van der Waals surface area contributed by atoms with Gasteiger partial charge in [-0.25, -0.2) is 4.79 Å². The molecule has 0 aliphatic carbocycles. The maximum atomic E-state index is 14.2. The molecule has 27 nitrogen and oxygen atoms in total. The topological polar surface area (TPSA) is 462 Å². The summed E-state index contributed by atoms with van der Waals surface area (Å²) in [7, 11) is 1.56. The van der Waals surface area contributed by atoms with Crippen molar-refractivity contribution < 1.29 is 53.4 Å². The lowest BCUT2D eigenvalue weighted by molar-refractivity contribution is -0.142. The number of amides is 8. The lowest BCUT2D eigenvalue weighted by atomic mass is 10.0. The van der Waals surface area contributed by atoms with E-state index in [-0.39, 0.29) is 70.7 Å². The fraction of sp³-hybridized carbons (Fsp3) is 0.617. The third-order valence-corrected chi connectivity index (χ3v) is 12.2. The van der Waals surface area contributed by atoms with E-state index >= 15 is 0 Å². The van der Waals surface area contributed by atoms with E-state index in [4.69, 9.17) is 46.0 Å². The SMILES string of the molecule is CN[C@@H](CCCCN)C(=O)N[C@H](C(=O)NC(C)C(=O)NCC(=O)N[C@H](CCCN)C(=O)N1CCC[C@H]1C(=O)N[C@@H](Cc1ccc(Cl)cc1)C(=O)N[C@@H](CCCCN)C(=O)N/C(=C\CCN=C(N)N)C(=O)O)[C@@H](O)CN. The largest absolute Gasteiger partial charge is 0.477 e. The van der Waals surface area contributed by atoms with Gasteiger partial charge < -0.3 is 92.0 Å². The fourth-order valence-electron chi connectivity index (χ4n) is 7.82. The summed E-state index contributed by atoms with van der Waals surface area (Å²) in [6.07, 6.45) is 3.13. The molecule has 75 heavy (non-hydrogen) atoms. The molecule has 0 radical (unpaired) electrons. The molecule has 1 aliphatic rings. The number of carboxylic acids is 1. The van der Waals surface area contributed by atoms with Crippen LogP contribution in [0, 0.1) is 0 Å². The number of carbonyl (C=O) groups is 9. The number of aliphatic hydroxyl groups is 1. The molecule has 0 aromatic heterocycles. The second-order valence-corrected chi connectivity index (χ2v) is 18.3. The highest BCUT2D eigenvalue weighted by atomic mass is 35.5. The van der Waals surface area contributed by atoms with Crippen molar-refractivity contribution in [3.05, 3.63) is 46.6 Å². The number of carbonyl (C=O) groups excluding carboxylic acids is 8. The third kappa shape index (κ3) is 23.3. The first-order valence-electron chi connectivity index (χ1n) is 25.0. The Balaban J connectivity index is 2.25. The van der Waals surface area contributed by atoms with Gasteiger partial charge >= 0.3 is 5.97 Å². The Labute approximate surface area is 441 Å². The molecule has 1 aromatic carbocycles. The molecule has 0 spiro atoms. The second kappa shape index (κ2) is 34.9. The van der Waals surface area contributed by atoms with Gasteiger partial charge in [0.05, 0.1) is 18.7 Å². The van der Waals surface area contributed by atoms with Gasteiger partial charge in [-0.2, -0.15) is 0 Å². The number of nitrogens with two attached hydrogens (primary N) is 6. The minimum Gasteiger partial charge on any atom is -0.477 e. The van der Waals surface area contributed by atoms with Crippen molar-refractivity contribution in [3.8, 4) is 0 Å². The molecule has 22 N–H and O–H groups in total. The minimum absolute atomic E-state index is 0.0408. The van der Waals surface area contributed by atoms with Gasteiger partial charge in [0.1, 0.15) is 41.9 Å². The van der Waals surface area contributed by atoms with Crippen LogP contribution in [0.2, 0.25) is 5.02 Å². The van der Waals surface area contributed by atoms with Crippen molar-refractivity contribution in [1.29, 1.82) is 0 Å². The van der Waals surface area contributed by atoms with Gasteiger partial charge in [-0.1, -0.05) is 36.2 Å². The van der Waals surface area contributed by atoms with Crippen molar-refractivity contribution in [2.75, 3.05) is 52.9 Å². The Hall–Kier alpha value is -6.49. The van der Waals surface area contributed by atoms with Crippen molar-refractivity contribution >= 4 is 70.8 Å². The lowest BCUT2D eigenvalue weighted by Crippen LogP contribution is -2.60. The van der Waals surface area contributed by atoms with Crippen LogP contribution >= 0.6 is 11.6 Å². The number of guanidine groups is 1. The number of unbranched alkanes of at least 4 members (excludes halogenated alkanes) is 2. The molecule has 420 valence electrons. The number of nitrogens with one attached hydrogen (secondary N) is 8. The number of carboxylic acid groups (broad SMARTS) is 1. The summed E-state index contributed by atoms with van der Waals surface area (Å²) in [5.41, 5.74) is 33.4. The van der Waals surface area contributed by atoms with Gasteiger partial charge in [-0.3, -0.25) is 43.3 Å². The lowest BCUT2D eigenvalue weighted by Gasteiger charge is -2.30. The van der Waals surface area contributed by atoms with E-state index in [1.165, 1.54) is 17.9 Å². The molecular formula is C47H79ClN16O11. The standard InChI is InChI=1S/C47H79ClN16O11/c1-27(58-44(72)38(36(65)25-52)63-40(68)30(55-2)10-3-5-19-49)39(67)57-26-37(66)59-32(12-7-21-51)45(73)64-23-9-14-35(64)43(71)62-34(24-28-15-17-29(48)18-16-28)42(70)60-31(11-4-6-20-50)41(69)61-33(46(74)75)13-8-22-56-47(53)54/h13,15-18,27,30-32,34-36,38,55,65H,3-12,14,19-26,49-52H2,1-2H3,(H,57,67)(H,58,72)(H,59,66)(H,60,70)(H,61,69)(H,62,71)(H,63,68)(H,74,75)(H4,53,54,56)/b33-13-/t27?,30-,31-,32+,34-,35-,36-,38-/m0/s1. The number of aliphatic imine (C=N–C) groups is 1. The molecule has 28 heteroatoms. The van der Waals surface area contributed by atoms with E-state index in [0.717, 1.165) is 0 Å². The van der Waals surface area contributed by atoms with Crippen LogP contribution in [0.3, 0.4) is 0 Å².